The molecule has 0 fully saturated rings. The average Bonchev–Trinajstić information content (AvgIpc) is 3.24. The van der Waals surface area contributed by atoms with Crippen LogP contribution in [0.3, 0.4) is 0 Å². The van der Waals surface area contributed by atoms with Crippen LogP contribution in [-0.2, 0) is 5.41 Å². The largest absolute Gasteiger partial charge is 0.0646 e. The van der Waals surface area contributed by atoms with Gasteiger partial charge in [-0.25, -0.2) is 0 Å². The van der Waals surface area contributed by atoms with E-state index in [-0.39, 0.29) is 5.41 Å². The Morgan fingerprint density at radius 3 is 1.21 bits per heavy atom. The zero-order valence-corrected chi connectivity index (χ0v) is 30.6. The Morgan fingerprint density at radius 2 is 0.717 bits per heavy atom. The van der Waals surface area contributed by atoms with Crippen molar-refractivity contribution in [3.63, 3.8) is 0 Å². The van der Waals surface area contributed by atoms with Crippen molar-refractivity contribution in [2.75, 3.05) is 0 Å². The lowest BCUT2D eigenvalue weighted by Gasteiger charge is -2.24. The molecular weight excluding hydrogens is 637 g/mol. The Balaban J connectivity index is 1.18. The van der Waals surface area contributed by atoms with Crippen molar-refractivity contribution < 1.29 is 0 Å². The minimum Gasteiger partial charge on any atom is -0.0646 e. The number of hydrogen-bond acceptors (Lipinski definition) is 0. The van der Waals surface area contributed by atoms with E-state index < -0.39 is 0 Å². The Bertz CT molecular complexity index is 2640. The molecule has 0 radical (unpaired) electrons. The summed E-state index contributed by atoms with van der Waals surface area (Å²) in [5.74, 6) is 0. The third-order valence-electron chi connectivity index (χ3n) is 11.4. The number of fused-ring (bicyclic) bond motifs is 6. The summed E-state index contributed by atoms with van der Waals surface area (Å²) in [7, 11) is 0. The highest BCUT2D eigenvalue weighted by Gasteiger charge is 2.21. The maximum Gasteiger partial charge on any atom is -0.00264 e. The van der Waals surface area contributed by atoms with E-state index in [4.69, 9.17) is 0 Å². The molecule has 53 heavy (non-hydrogen) atoms. The van der Waals surface area contributed by atoms with Crippen LogP contribution in [0.2, 0.25) is 0 Å². The highest BCUT2D eigenvalue weighted by atomic mass is 14.2. The van der Waals surface area contributed by atoms with E-state index in [1.54, 1.807) is 0 Å². The van der Waals surface area contributed by atoms with Gasteiger partial charge in [-0.2, -0.15) is 0 Å². The van der Waals surface area contributed by atoms with Crippen molar-refractivity contribution in [3.05, 3.63) is 194 Å². The molecule has 0 heteroatoms. The predicted molar refractivity (Wildman–Crippen MR) is 229 cm³/mol. The van der Waals surface area contributed by atoms with E-state index in [1.165, 1.54) is 93.5 Å². The number of benzene rings is 9. The van der Waals surface area contributed by atoms with Gasteiger partial charge in [0, 0.05) is 0 Å². The molecular formula is C53H42. The lowest BCUT2D eigenvalue weighted by atomic mass is 9.80. The predicted octanol–water partition coefficient (Wildman–Crippen LogP) is 15.2. The molecule has 0 aromatic heterocycles. The Labute approximate surface area is 313 Å². The monoisotopic (exact) mass is 678 g/mol. The van der Waals surface area contributed by atoms with E-state index in [9.17, 15) is 0 Å². The van der Waals surface area contributed by atoms with Gasteiger partial charge in [0.25, 0.3) is 0 Å². The third kappa shape index (κ3) is 5.91. The fraction of sp³-hybridized carbons (Fsp3) is 0.0943. The Hall–Kier alpha value is -6.24. The molecule has 0 atom stereocenters. The zero-order valence-electron chi connectivity index (χ0n) is 30.6. The highest BCUT2D eigenvalue weighted by Crippen LogP contribution is 2.44. The van der Waals surface area contributed by atoms with E-state index in [0.29, 0.717) is 0 Å². The van der Waals surface area contributed by atoms with Crippen molar-refractivity contribution in [2.45, 2.75) is 32.6 Å². The van der Waals surface area contributed by atoms with Crippen molar-refractivity contribution in [1.82, 2.24) is 0 Å². The quantitative estimate of drug-likeness (QED) is 0.147. The maximum atomic E-state index is 2.39. The van der Waals surface area contributed by atoms with Gasteiger partial charge in [0.1, 0.15) is 0 Å². The fourth-order valence-corrected chi connectivity index (χ4v) is 8.05. The number of hydrogen-bond donors (Lipinski definition) is 0. The molecule has 254 valence electrons. The van der Waals surface area contributed by atoms with E-state index in [2.05, 4.69) is 209 Å². The first kappa shape index (κ1) is 32.7. The van der Waals surface area contributed by atoms with Crippen LogP contribution < -0.4 is 0 Å². The van der Waals surface area contributed by atoms with Crippen LogP contribution in [0.15, 0.2) is 188 Å². The van der Waals surface area contributed by atoms with Gasteiger partial charge in [0.05, 0.1) is 0 Å². The average molecular weight is 679 g/mol. The molecule has 9 rings (SSSR count). The van der Waals surface area contributed by atoms with E-state index >= 15 is 0 Å². The normalized spacial score (nSPS) is 11.8. The molecule has 0 bridgehead atoms. The number of rotatable bonds is 7. The highest BCUT2D eigenvalue weighted by molar-refractivity contribution is 6.25. The summed E-state index contributed by atoms with van der Waals surface area (Å²) < 4.78 is 0. The molecule has 0 saturated carbocycles. The second-order valence-corrected chi connectivity index (χ2v) is 14.9. The van der Waals surface area contributed by atoms with Crippen molar-refractivity contribution >= 4 is 32.3 Å². The smallest absolute Gasteiger partial charge is 0.00264 e. The molecule has 0 spiro atoms. The SMILES string of the molecule is CCC(C)(C)c1ccc(-c2c(-c3ccccc3)cc(-c3ccc(-c4ccc5c6ccccc6c6ccccc6c5c4)cc3)cc2-c2ccccc2)cc1. The molecule has 0 aliphatic carbocycles. The Morgan fingerprint density at radius 1 is 0.321 bits per heavy atom. The fourth-order valence-electron chi connectivity index (χ4n) is 8.05. The molecule has 9 aromatic carbocycles. The van der Waals surface area contributed by atoms with Gasteiger partial charge < -0.3 is 0 Å². The molecule has 0 saturated heterocycles. The van der Waals surface area contributed by atoms with Crippen LogP contribution in [0.1, 0.15) is 32.8 Å². The van der Waals surface area contributed by atoms with Gasteiger partial charge >= 0.3 is 0 Å². The lowest BCUT2D eigenvalue weighted by Crippen LogP contribution is -2.15. The van der Waals surface area contributed by atoms with Crippen molar-refractivity contribution in [2.24, 2.45) is 0 Å². The molecule has 0 nitrogen and oxygen atoms in total. The molecule has 0 aliphatic rings. The summed E-state index contributed by atoms with van der Waals surface area (Å²) in [6, 6.07) is 69.5. The molecule has 0 N–H and O–H groups in total. The minimum absolute atomic E-state index is 0.133. The molecule has 0 amide bonds. The van der Waals surface area contributed by atoms with E-state index in [0.717, 1.165) is 6.42 Å². The molecule has 0 heterocycles. The van der Waals surface area contributed by atoms with Crippen molar-refractivity contribution in [1.29, 1.82) is 0 Å². The van der Waals surface area contributed by atoms with Crippen LogP contribution >= 0.6 is 0 Å². The van der Waals surface area contributed by atoms with Gasteiger partial charge in [0.15, 0.2) is 0 Å². The first-order valence-electron chi connectivity index (χ1n) is 18.8. The van der Waals surface area contributed by atoms with Crippen LogP contribution in [0, 0.1) is 0 Å². The van der Waals surface area contributed by atoms with Crippen LogP contribution in [-0.4, -0.2) is 0 Å². The van der Waals surface area contributed by atoms with Crippen LogP contribution in [0.5, 0.6) is 0 Å². The van der Waals surface area contributed by atoms with Gasteiger partial charge in [-0.3, -0.25) is 0 Å². The van der Waals surface area contributed by atoms with Gasteiger partial charge in [0.2, 0.25) is 0 Å². The van der Waals surface area contributed by atoms with Crippen LogP contribution in [0.25, 0.3) is 88.0 Å². The standard InChI is InChI=1S/C53H42/c1-4-53(2,3)43-30-27-40(28-31-43)52-49(38-15-7-5-8-16-38)34-42(35-50(52)39-17-9-6-10-18-39)37-25-23-36(24-26-37)41-29-32-48-46-21-12-11-19-44(46)45-20-13-14-22-47(45)51(48)33-41/h5-35H,4H2,1-3H3. The zero-order chi connectivity index (χ0) is 35.9. The van der Waals surface area contributed by atoms with Gasteiger partial charge in [-0.05, 0) is 124 Å². The summed E-state index contributed by atoms with van der Waals surface area (Å²) in [6.45, 7) is 6.93. The van der Waals surface area contributed by atoms with Crippen LogP contribution in [0.4, 0.5) is 0 Å². The second-order valence-electron chi connectivity index (χ2n) is 14.9. The third-order valence-corrected chi connectivity index (χ3v) is 11.4. The summed E-state index contributed by atoms with van der Waals surface area (Å²) in [5.41, 5.74) is 13.8. The molecule has 0 unspecified atom stereocenters. The first-order valence-corrected chi connectivity index (χ1v) is 18.8. The lowest BCUT2D eigenvalue weighted by molar-refractivity contribution is 0.506. The Kier molecular flexibility index (Phi) is 8.25. The van der Waals surface area contributed by atoms with Gasteiger partial charge in [-0.1, -0.05) is 191 Å². The summed E-state index contributed by atoms with van der Waals surface area (Å²) in [5, 5.41) is 7.80. The molecule has 0 aliphatic heterocycles. The molecule has 9 aromatic rings. The topological polar surface area (TPSA) is 0 Å². The summed E-state index contributed by atoms with van der Waals surface area (Å²) >= 11 is 0. The summed E-state index contributed by atoms with van der Waals surface area (Å²) in [6.07, 6.45) is 1.10. The maximum absolute atomic E-state index is 2.39. The van der Waals surface area contributed by atoms with Crippen molar-refractivity contribution in [3.8, 4) is 55.6 Å². The van der Waals surface area contributed by atoms with E-state index in [1.807, 2.05) is 0 Å². The second kappa shape index (κ2) is 13.4. The van der Waals surface area contributed by atoms with Gasteiger partial charge in [-0.15, -0.1) is 0 Å². The first-order chi connectivity index (χ1) is 26.0. The minimum atomic E-state index is 0.133. The summed E-state index contributed by atoms with van der Waals surface area (Å²) in [4.78, 5) is 0.